The molecule has 1 aliphatic heterocycles. The number of aliphatic hydroxyl groups is 4. The van der Waals surface area contributed by atoms with Crippen molar-refractivity contribution >= 4 is 7.82 Å². The Hall–Kier alpha value is 1.91. The first-order valence-electron chi connectivity index (χ1n) is 10.2. The minimum absolute atomic E-state index is 0. The Kier molecular flexibility index (Phi) is 19.7. The molecule has 0 aromatic heterocycles. The van der Waals surface area contributed by atoms with Gasteiger partial charge in [0.2, 0.25) is 5.79 Å². The molecule has 4 N–H and O–H groups in total. The van der Waals surface area contributed by atoms with E-state index in [1.807, 2.05) is 0 Å². The zero-order chi connectivity index (χ0) is 21.2. The number of rotatable bonds is 14. The molecule has 0 amide bonds. The van der Waals surface area contributed by atoms with Crippen LogP contribution in [0.3, 0.4) is 0 Å². The molecule has 1 fully saturated rings. The molecule has 1 unspecified atom stereocenters. The number of phosphoric ester groups is 1. The number of unbranched alkanes of at least 4 members (excludes halogenated alkanes) is 9. The molecule has 0 aliphatic carbocycles. The monoisotopic (exact) mass is 472 g/mol. The minimum atomic E-state index is -5.56. The van der Waals surface area contributed by atoms with Crippen LogP contribution in [0.4, 0.5) is 0 Å². The molecule has 0 aromatic carbocycles. The SMILES string of the molecule is CCCCCCCCCCCCC1(OP(=O)([O-])[O-])O[C@H](CO)[C@@H](O)[C@H](O)[C@H]1O.[Na+].[Na+]. The first-order valence-corrected chi connectivity index (χ1v) is 11.7. The third-order valence-electron chi connectivity index (χ3n) is 5.18. The van der Waals surface area contributed by atoms with E-state index in [0.717, 1.165) is 19.3 Å². The van der Waals surface area contributed by atoms with E-state index in [9.17, 15) is 34.8 Å². The smallest absolute Gasteiger partial charge is 0.790 e. The Balaban J connectivity index is 0. The molecule has 0 saturated carbocycles. The molecule has 1 rings (SSSR count). The van der Waals surface area contributed by atoms with Crippen molar-refractivity contribution in [3.63, 3.8) is 0 Å². The molecule has 30 heavy (non-hydrogen) atoms. The topological polar surface area (TPSA) is 163 Å². The minimum Gasteiger partial charge on any atom is -0.790 e. The van der Waals surface area contributed by atoms with Crippen molar-refractivity contribution < 1.29 is 103 Å². The molecule has 0 bridgehead atoms. The standard InChI is InChI=1S/C18H37O9P.2Na/c1-2-3-4-5-6-7-8-9-10-11-12-18(27-28(23,24)25)17(22)16(21)15(20)14(13-19)26-18;;/h14-17,19-22H,2-13H2,1H3,(H2,23,24,25);;/q;2*+1/p-2/t14-,15-,16+,17-,18?;;/m1../s1. The zero-order valence-corrected chi connectivity index (χ0v) is 23.5. The van der Waals surface area contributed by atoms with E-state index < -0.39 is 44.6 Å². The van der Waals surface area contributed by atoms with E-state index >= 15 is 0 Å². The van der Waals surface area contributed by atoms with Crippen LogP contribution in [-0.2, 0) is 13.8 Å². The van der Waals surface area contributed by atoms with Crippen molar-refractivity contribution in [1.82, 2.24) is 0 Å². The molecule has 1 saturated heterocycles. The van der Waals surface area contributed by atoms with Crippen molar-refractivity contribution in [3.05, 3.63) is 0 Å². The van der Waals surface area contributed by atoms with Crippen LogP contribution >= 0.6 is 7.82 Å². The third kappa shape index (κ3) is 11.9. The van der Waals surface area contributed by atoms with Crippen molar-refractivity contribution in [3.8, 4) is 0 Å². The molecule has 12 heteroatoms. The van der Waals surface area contributed by atoms with Crippen LogP contribution in [0.2, 0.25) is 0 Å². The van der Waals surface area contributed by atoms with Gasteiger partial charge < -0.3 is 44.0 Å². The largest absolute Gasteiger partial charge is 1.00 e. The zero-order valence-electron chi connectivity index (χ0n) is 18.6. The van der Waals surface area contributed by atoms with Crippen LogP contribution in [-0.4, -0.2) is 57.2 Å². The van der Waals surface area contributed by atoms with Gasteiger partial charge in [-0.05, 0) is 6.42 Å². The summed E-state index contributed by atoms with van der Waals surface area (Å²) in [6, 6.07) is 0. The van der Waals surface area contributed by atoms with Crippen LogP contribution in [0.1, 0.15) is 77.6 Å². The van der Waals surface area contributed by atoms with Gasteiger partial charge in [0.25, 0.3) is 0 Å². The molecular formula is C18H35Na2O9P. The van der Waals surface area contributed by atoms with Crippen molar-refractivity contribution in [1.29, 1.82) is 0 Å². The fourth-order valence-corrected chi connectivity index (χ4v) is 4.20. The van der Waals surface area contributed by atoms with Gasteiger partial charge in [0.15, 0.2) is 0 Å². The van der Waals surface area contributed by atoms with Crippen LogP contribution < -0.4 is 68.9 Å². The molecule has 0 spiro atoms. The fourth-order valence-electron chi connectivity index (χ4n) is 3.58. The molecule has 168 valence electrons. The van der Waals surface area contributed by atoms with Gasteiger partial charge in [-0.25, -0.2) is 0 Å². The van der Waals surface area contributed by atoms with Gasteiger partial charge in [-0.15, -0.1) is 0 Å². The number of hydrogen-bond donors (Lipinski definition) is 4. The summed E-state index contributed by atoms with van der Waals surface area (Å²) in [5, 5.41) is 39.3. The molecule has 9 nitrogen and oxygen atoms in total. The van der Waals surface area contributed by atoms with Crippen LogP contribution in [0.25, 0.3) is 0 Å². The second-order valence-corrected chi connectivity index (χ2v) is 8.62. The number of ether oxygens (including phenoxy) is 1. The Morgan fingerprint density at radius 3 is 1.80 bits per heavy atom. The third-order valence-corrected chi connectivity index (χ3v) is 5.71. The van der Waals surface area contributed by atoms with Gasteiger partial charge in [0.1, 0.15) is 24.4 Å². The predicted molar refractivity (Wildman–Crippen MR) is 97.9 cm³/mol. The van der Waals surface area contributed by atoms with E-state index in [4.69, 9.17) is 4.74 Å². The summed E-state index contributed by atoms with van der Waals surface area (Å²) in [7, 11) is -5.56. The average Bonchev–Trinajstić information content (AvgIpc) is 2.63. The second kappa shape index (κ2) is 17.4. The quantitative estimate of drug-likeness (QED) is 0.110. The predicted octanol–water partition coefficient (Wildman–Crippen LogP) is -5.68. The summed E-state index contributed by atoms with van der Waals surface area (Å²) >= 11 is 0. The number of hydrogen-bond acceptors (Lipinski definition) is 9. The Bertz CT molecular complexity index is 481. The molecule has 1 aliphatic rings. The molecule has 5 atom stereocenters. The summed E-state index contributed by atoms with van der Waals surface area (Å²) in [5.41, 5.74) is 0. The Morgan fingerprint density at radius 1 is 0.900 bits per heavy atom. The van der Waals surface area contributed by atoms with E-state index in [1.54, 1.807) is 0 Å². The summed E-state index contributed by atoms with van der Waals surface area (Å²) < 4.78 is 20.9. The molecule has 0 aromatic rings. The van der Waals surface area contributed by atoms with E-state index in [1.165, 1.54) is 32.1 Å². The van der Waals surface area contributed by atoms with Gasteiger partial charge in [-0.2, -0.15) is 0 Å². The van der Waals surface area contributed by atoms with E-state index in [2.05, 4.69) is 11.4 Å². The first kappa shape index (κ1) is 34.1. The Labute approximate surface area is 223 Å². The summed E-state index contributed by atoms with van der Waals surface area (Å²) in [6.07, 6.45) is 3.25. The number of phosphoric acid groups is 1. The van der Waals surface area contributed by atoms with Gasteiger partial charge >= 0.3 is 59.1 Å². The van der Waals surface area contributed by atoms with Crippen molar-refractivity contribution in [2.24, 2.45) is 0 Å². The average molecular weight is 472 g/mol. The summed E-state index contributed by atoms with van der Waals surface area (Å²) in [5.74, 6) is -2.31. The van der Waals surface area contributed by atoms with E-state index in [-0.39, 0.29) is 65.5 Å². The van der Waals surface area contributed by atoms with Crippen LogP contribution in [0.15, 0.2) is 0 Å². The van der Waals surface area contributed by atoms with Gasteiger partial charge in [-0.1, -0.05) is 64.7 Å². The van der Waals surface area contributed by atoms with Crippen LogP contribution in [0, 0.1) is 0 Å². The van der Waals surface area contributed by atoms with Crippen LogP contribution in [0.5, 0.6) is 0 Å². The molecule has 1 heterocycles. The van der Waals surface area contributed by atoms with Crippen molar-refractivity contribution in [2.45, 2.75) is 108 Å². The maximum Gasteiger partial charge on any atom is 1.00 e. The van der Waals surface area contributed by atoms with Gasteiger partial charge in [0.05, 0.1) is 14.4 Å². The van der Waals surface area contributed by atoms with Crippen molar-refractivity contribution in [2.75, 3.05) is 6.61 Å². The van der Waals surface area contributed by atoms with Gasteiger partial charge in [0, 0.05) is 6.42 Å². The molecule has 0 radical (unpaired) electrons. The molecular weight excluding hydrogens is 437 g/mol. The first-order chi connectivity index (χ1) is 13.2. The Morgan fingerprint density at radius 2 is 1.37 bits per heavy atom. The van der Waals surface area contributed by atoms with E-state index in [0.29, 0.717) is 12.8 Å². The maximum atomic E-state index is 11.2. The number of aliphatic hydroxyl groups excluding tert-OH is 4. The van der Waals surface area contributed by atoms with Gasteiger partial charge in [-0.3, -0.25) is 0 Å². The summed E-state index contributed by atoms with van der Waals surface area (Å²) in [4.78, 5) is 22.3. The normalized spacial score (nSPS) is 29.2. The second-order valence-electron chi connectivity index (χ2n) is 7.55. The maximum absolute atomic E-state index is 11.2. The fraction of sp³-hybridized carbons (Fsp3) is 1.00. The summed E-state index contributed by atoms with van der Waals surface area (Å²) in [6.45, 7) is 1.43.